The van der Waals surface area contributed by atoms with Crippen molar-refractivity contribution in [1.82, 2.24) is 9.97 Å². The summed E-state index contributed by atoms with van der Waals surface area (Å²) in [6, 6.07) is 22.7. The number of nitrogens with zero attached hydrogens (tertiary/aromatic N) is 4. The highest BCUT2D eigenvalue weighted by atomic mass is 15.2. The highest BCUT2D eigenvalue weighted by molar-refractivity contribution is 5.67. The van der Waals surface area contributed by atoms with Crippen LogP contribution >= 0.6 is 0 Å². The molecule has 4 nitrogen and oxygen atoms in total. The van der Waals surface area contributed by atoms with Gasteiger partial charge in [-0.3, -0.25) is 0 Å². The van der Waals surface area contributed by atoms with Gasteiger partial charge in [-0.15, -0.1) is 0 Å². The monoisotopic (exact) mass is 344 g/mol. The Morgan fingerprint density at radius 1 is 0.808 bits per heavy atom. The van der Waals surface area contributed by atoms with Gasteiger partial charge in [-0.05, 0) is 31.4 Å². The van der Waals surface area contributed by atoms with Crippen LogP contribution in [0, 0.1) is 0 Å². The third kappa shape index (κ3) is 3.54. The molecule has 1 aliphatic heterocycles. The van der Waals surface area contributed by atoms with E-state index in [9.17, 15) is 0 Å². The number of benzene rings is 2. The van der Waals surface area contributed by atoms with Crippen LogP contribution in [0.25, 0.3) is 11.4 Å². The van der Waals surface area contributed by atoms with Gasteiger partial charge >= 0.3 is 0 Å². The lowest BCUT2D eigenvalue weighted by molar-refractivity contribution is 0.573. The van der Waals surface area contributed by atoms with E-state index in [0.717, 1.165) is 41.8 Å². The first kappa shape index (κ1) is 16.6. The van der Waals surface area contributed by atoms with Crippen molar-refractivity contribution in [2.45, 2.75) is 19.3 Å². The highest BCUT2D eigenvalue weighted by Gasteiger charge is 2.17. The van der Waals surface area contributed by atoms with E-state index in [0.29, 0.717) is 0 Å². The van der Waals surface area contributed by atoms with Gasteiger partial charge in [0.1, 0.15) is 11.6 Å². The van der Waals surface area contributed by atoms with Crippen LogP contribution in [-0.2, 0) is 0 Å². The summed E-state index contributed by atoms with van der Waals surface area (Å²) < 4.78 is 0. The van der Waals surface area contributed by atoms with E-state index in [1.807, 2.05) is 24.3 Å². The molecule has 0 N–H and O–H groups in total. The SMILES string of the molecule is CN(c1ccccc1)c1cc(N2CCCCC2)nc(-c2ccccc2)n1. The van der Waals surface area contributed by atoms with E-state index in [2.05, 4.69) is 59.3 Å². The fourth-order valence-electron chi connectivity index (χ4n) is 3.38. The van der Waals surface area contributed by atoms with Gasteiger partial charge < -0.3 is 9.80 Å². The normalized spacial score (nSPS) is 14.3. The van der Waals surface area contributed by atoms with Crippen molar-refractivity contribution in [1.29, 1.82) is 0 Å². The van der Waals surface area contributed by atoms with Gasteiger partial charge in [0.15, 0.2) is 5.82 Å². The molecule has 0 amide bonds. The van der Waals surface area contributed by atoms with E-state index >= 15 is 0 Å². The molecule has 1 fully saturated rings. The lowest BCUT2D eigenvalue weighted by atomic mass is 10.1. The molecule has 1 aliphatic rings. The van der Waals surface area contributed by atoms with Gasteiger partial charge in [-0.1, -0.05) is 48.5 Å². The Kier molecular flexibility index (Phi) is 4.82. The maximum absolute atomic E-state index is 4.89. The van der Waals surface area contributed by atoms with E-state index < -0.39 is 0 Å². The summed E-state index contributed by atoms with van der Waals surface area (Å²) >= 11 is 0. The van der Waals surface area contributed by atoms with Gasteiger partial charge in [0.25, 0.3) is 0 Å². The van der Waals surface area contributed by atoms with Crippen molar-refractivity contribution < 1.29 is 0 Å². The van der Waals surface area contributed by atoms with Crippen molar-refractivity contribution >= 4 is 17.3 Å². The Balaban J connectivity index is 1.77. The van der Waals surface area contributed by atoms with E-state index in [1.54, 1.807) is 0 Å². The molecule has 0 spiro atoms. The lowest BCUT2D eigenvalue weighted by Crippen LogP contribution is -2.30. The van der Waals surface area contributed by atoms with Crippen LogP contribution in [0.5, 0.6) is 0 Å². The summed E-state index contributed by atoms with van der Waals surface area (Å²) in [5, 5.41) is 0. The molecule has 132 valence electrons. The quantitative estimate of drug-likeness (QED) is 0.674. The van der Waals surface area contributed by atoms with Crippen LogP contribution in [0.4, 0.5) is 17.3 Å². The summed E-state index contributed by atoms with van der Waals surface area (Å²) in [7, 11) is 2.06. The minimum Gasteiger partial charge on any atom is -0.356 e. The van der Waals surface area contributed by atoms with E-state index in [1.165, 1.54) is 19.3 Å². The van der Waals surface area contributed by atoms with Crippen molar-refractivity contribution in [3.63, 3.8) is 0 Å². The van der Waals surface area contributed by atoms with Crippen molar-refractivity contribution in [2.24, 2.45) is 0 Å². The molecule has 4 heteroatoms. The van der Waals surface area contributed by atoms with Crippen LogP contribution < -0.4 is 9.80 Å². The number of rotatable bonds is 4. The van der Waals surface area contributed by atoms with Crippen molar-refractivity contribution in [2.75, 3.05) is 29.9 Å². The van der Waals surface area contributed by atoms with Gasteiger partial charge in [0, 0.05) is 37.5 Å². The highest BCUT2D eigenvalue weighted by Crippen LogP contribution is 2.29. The Morgan fingerprint density at radius 3 is 2.15 bits per heavy atom. The van der Waals surface area contributed by atoms with Gasteiger partial charge in [0.2, 0.25) is 0 Å². The Morgan fingerprint density at radius 2 is 1.46 bits per heavy atom. The lowest BCUT2D eigenvalue weighted by Gasteiger charge is -2.29. The molecule has 0 aliphatic carbocycles. The molecule has 0 saturated carbocycles. The second-order valence-corrected chi connectivity index (χ2v) is 6.72. The van der Waals surface area contributed by atoms with Gasteiger partial charge in [-0.25, -0.2) is 9.97 Å². The topological polar surface area (TPSA) is 32.3 Å². The van der Waals surface area contributed by atoms with Crippen LogP contribution in [0.15, 0.2) is 66.7 Å². The number of hydrogen-bond acceptors (Lipinski definition) is 4. The number of piperidine rings is 1. The maximum Gasteiger partial charge on any atom is 0.163 e. The summed E-state index contributed by atoms with van der Waals surface area (Å²) in [4.78, 5) is 14.3. The predicted octanol–water partition coefficient (Wildman–Crippen LogP) is 4.90. The second kappa shape index (κ2) is 7.56. The largest absolute Gasteiger partial charge is 0.356 e. The summed E-state index contributed by atoms with van der Waals surface area (Å²) in [5.74, 6) is 2.73. The third-order valence-electron chi connectivity index (χ3n) is 4.90. The Labute approximate surface area is 155 Å². The smallest absolute Gasteiger partial charge is 0.163 e. The fraction of sp³-hybridized carbons (Fsp3) is 0.273. The van der Waals surface area contributed by atoms with E-state index in [4.69, 9.17) is 9.97 Å². The molecule has 2 aromatic carbocycles. The zero-order valence-electron chi connectivity index (χ0n) is 15.2. The molecule has 3 aromatic rings. The number of anilines is 3. The molecule has 4 rings (SSSR count). The summed E-state index contributed by atoms with van der Waals surface area (Å²) in [6.45, 7) is 2.14. The fourth-order valence-corrected chi connectivity index (χ4v) is 3.38. The number of aromatic nitrogens is 2. The van der Waals surface area contributed by atoms with Gasteiger partial charge in [-0.2, -0.15) is 0 Å². The molecule has 1 aromatic heterocycles. The zero-order valence-corrected chi connectivity index (χ0v) is 15.2. The molecule has 0 bridgehead atoms. The molecule has 26 heavy (non-hydrogen) atoms. The number of hydrogen-bond donors (Lipinski definition) is 0. The first-order valence-corrected chi connectivity index (χ1v) is 9.29. The standard InChI is InChI=1S/C22H24N4/c1-25(19-13-7-3-8-14-19)20-17-21(26-15-9-4-10-16-26)24-22(23-20)18-11-5-2-6-12-18/h2-3,5-8,11-14,17H,4,9-10,15-16H2,1H3. The average molecular weight is 344 g/mol. The molecule has 2 heterocycles. The summed E-state index contributed by atoms with van der Waals surface area (Å²) in [6.07, 6.45) is 3.77. The molecule has 0 atom stereocenters. The predicted molar refractivity (Wildman–Crippen MR) is 108 cm³/mol. The van der Waals surface area contributed by atoms with Gasteiger partial charge in [0.05, 0.1) is 0 Å². The Bertz CT molecular complexity index is 843. The molecular formula is C22H24N4. The Hall–Kier alpha value is -2.88. The third-order valence-corrected chi connectivity index (χ3v) is 4.90. The maximum atomic E-state index is 4.89. The van der Waals surface area contributed by atoms with Crippen LogP contribution in [-0.4, -0.2) is 30.1 Å². The second-order valence-electron chi connectivity index (χ2n) is 6.72. The first-order chi connectivity index (χ1) is 12.8. The summed E-state index contributed by atoms with van der Waals surface area (Å²) in [5.41, 5.74) is 2.17. The molecule has 0 radical (unpaired) electrons. The van der Waals surface area contributed by atoms with Crippen LogP contribution in [0.2, 0.25) is 0 Å². The number of para-hydroxylation sites is 1. The average Bonchev–Trinajstić information content (AvgIpc) is 2.75. The molecular weight excluding hydrogens is 320 g/mol. The van der Waals surface area contributed by atoms with Crippen molar-refractivity contribution in [3.8, 4) is 11.4 Å². The molecule has 1 saturated heterocycles. The van der Waals surface area contributed by atoms with Crippen LogP contribution in [0.1, 0.15) is 19.3 Å². The zero-order chi connectivity index (χ0) is 17.8. The van der Waals surface area contributed by atoms with Crippen LogP contribution in [0.3, 0.4) is 0 Å². The minimum absolute atomic E-state index is 0.784. The molecule has 0 unspecified atom stereocenters. The van der Waals surface area contributed by atoms with Crippen molar-refractivity contribution in [3.05, 3.63) is 66.7 Å². The minimum atomic E-state index is 0.784. The first-order valence-electron chi connectivity index (χ1n) is 9.29. The van der Waals surface area contributed by atoms with E-state index in [-0.39, 0.29) is 0 Å².